The Hall–Kier alpha value is -3.35. The first-order chi connectivity index (χ1) is 11.6. The molecule has 2 amide bonds. The molecule has 0 radical (unpaired) electrons. The lowest BCUT2D eigenvalue weighted by Gasteiger charge is -2.04. The van der Waals surface area contributed by atoms with Gasteiger partial charge in [0, 0.05) is 6.54 Å². The van der Waals surface area contributed by atoms with Crippen molar-refractivity contribution in [2.24, 2.45) is 5.10 Å². The fourth-order valence-electron chi connectivity index (χ4n) is 1.85. The maximum atomic E-state index is 11.7. The number of hydrogen-bond donors (Lipinski definition) is 3. The predicted molar refractivity (Wildman–Crippen MR) is 88.7 cm³/mol. The molecular formula is C17H17N3O4. The summed E-state index contributed by atoms with van der Waals surface area (Å²) in [6.07, 6.45) is 1.34. The van der Waals surface area contributed by atoms with Crippen LogP contribution in [-0.4, -0.2) is 30.2 Å². The predicted octanol–water partition coefficient (Wildman–Crippen LogP) is 1.17. The van der Waals surface area contributed by atoms with E-state index < -0.39 is 11.8 Å². The second-order valence-corrected chi connectivity index (χ2v) is 4.80. The van der Waals surface area contributed by atoms with E-state index in [2.05, 4.69) is 15.8 Å². The van der Waals surface area contributed by atoms with Crippen LogP contribution < -0.4 is 15.5 Å². The minimum Gasteiger partial charge on any atom is -0.504 e. The van der Waals surface area contributed by atoms with Crippen molar-refractivity contribution < 1.29 is 19.4 Å². The van der Waals surface area contributed by atoms with Crippen molar-refractivity contribution in [2.75, 3.05) is 7.11 Å². The van der Waals surface area contributed by atoms with Crippen LogP contribution in [-0.2, 0) is 16.1 Å². The SMILES string of the molecule is COc1cc(/C=N/NC(=O)C(=O)NCc2ccccc2)ccc1O. The lowest BCUT2D eigenvalue weighted by atomic mass is 10.2. The number of phenols is 1. The molecule has 0 atom stereocenters. The molecule has 0 saturated carbocycles. The van der Waals surface area contributed by atoms with E-state index >= 15 is 0 Å². The van der Waals surface area contributed by atoms with Crippen LogP contribution >= 0.6 is 0 Å². The monoisotopic (exact) mass is 327 g/mol. The van der Waals surface area contributed by atoms with Gasteiger partial charge >= 0.3 is 11.8 Å². The third-order valence-corrected chi connectivity index (χ3v) is 3.09. The number of carbonyl (C=O) groups excluding carboxylic acids is 2. The third-order valence-electron chi connectivity index (χ3n) is 3.09. The van der Waals surface area contributed by atoms with Crippen LogP contribution in [0.25, 0.3) is 0 Å². The molecule has 0 saturated heterocycles. The number of nitrogens with zero attached hydrogens (tertiary/aromatic N) is 1. The number of hydrogen-bond acceptors (Lipinski definition) is 5. The number of aromatic hydroxyl groups is 1. The molecule has 0 aliphatic carbocycles. The molecule has 0 bridgehead atoms. The van der Waals surface area contributed by atoms with Gasteiger partial charge in [-0.1, -0.05) is 30.3 Å². The summed E-state index contributed by atoms with van der Waals surface area (Å²) in [6, 6.07) is 13.8. The van der Waals surface area contributed by atoms with E-state index in [0.717, 1.165) is 5.56 Å². The topological polar surface area (TPSA) is 100 Å². The van der Waals surface area contributed by atoms with Crippen molar-refractivity contribution in [3.8, 4) is 11.5 Å². The number of ether oxygens (including phenoxy) is 1. The smallest absolute Gasteiger partial charge is 0.329 e. The van der Waals surface area contributed by atoms with E-state index in [9.17, 15) is 14.7 Å². The van der Waals surface area contributed by atoms with Gasteiger partial charge in [0.05, 0.1) is 13.3 Å². The first-order valence-electron chi connectivity index (χ1n) is 7.12. The second kappa shape index (κ2) is 8.33. The fraction of sp³-hybridized carbons (Fsp3) is 0.118. The molecule has 3 N–H and O–H groups in total. The zero-order chi connectivity index (χ0) is 17.4. The van der Waals surface area contributed by atoms with Crippen molar-refractivity contribution in [3.63, 3.8) is 0 Å². The van der Waals surface area contributed by atoms with E-state index in [1.807, 2.05) is 30.3 Å². The summed E-state index contributed by atoms with van der Waals surface area (Å²) in [5.74, 6) is -1.36. The normalized spacial score (nSPS) is 10.4. The Kier molecular flexibility index (Phi) is 5.90. The summed E-state index contributed by atoms with van der Waals surface area (Å²) in [7, 11) is 1.43. The van der Waals surface area contributed by atoms with Gasteiger partial charge in [0.15, 0.2) is 11.5 Å². The second-order valence-electron chi connectivity index (χ2n) is 4.80. The lowest BCUT2D eigenvalue weighted by molar-refractivity contribution is -0.139. The van der Waals surface area contributed by atoms with Gasteiger partial charge < -0.3 is 15.2 Å². The molecule has 0 fully saturated rings. The highest BCUT2D eigenvalue weighted by molar-refractivity contribution is 6.35. The zero-order valence-corrected chi connectivity index (χ0v) is 13.0. The van der Waals surface area contributed by atoms with Crippen LogP contribution in [0.3, 0.4) is 0 Å². The van der Waals surface area contributed by atoms with E-state index in [1.54, 1.807) is 12.1 Å². The number of rotatable bonds is 5. The molecule has 0 spiro atoms. The average Bonchev–Trinajstić information content (AvgIpc) is 2.61. The summed E-state index contributed by atoms with van der Waals surface area (Å²) in [5.41, 5.74) is 3.61. The molecule has 24 heavy (non-hydrogen) atoms. The molecule has 7 heteroatoms. The Bertz CT molecular complexity index is 745. The molecule has 2 aromatic carbocycles. The summed E-state index contributed by atoms with van der Waals surface area (Å²) >= 11 is 0. The first-order valence-corrected chi connectivity index (χ1v) is 7.12. The molecule has 2 aromatic rings. The van der Waals surface area contributed by atoms with Crippen molar-refractivity contribution in [1.29, 1.82) is 0 Å². The summed E-state index contributed by atoms with van der Waals surface area (Å²) in [4.78, 5) is 23.3. The minimum absolute atomic E-state index is 0.000949. The molecule has 2 rings (SSSR count). The molecule has 0 heterocycles. The Morgan fingerprint density at radius 3 is 2.62 bits per heavy atom. The summed E-state index contributed by atoms with van der Waals surface area (Å²) < 4.78 is 4.96. The molecular weight excluding hydrogens is 310 g/mol. The van der Waals surface area contributed by atoms with Crippen LogP contribution in [0.4, 0.5) is 0 Å². The Morgan fingerprint density at radius 2 is 1.92 bits per heavy atom. The number of carbonyl (C=O) groups is 2. The molecule has 0 unspecified atom stereocenters. The molecule has 7 nitrogen and oxygen atoms in total. The van der Waals surface area contributed by atoms with Gasteiger partial charge in [-0.05, 0) is 29.3 Å². The van der Waals surface area contributed by atoms with Gasteiger partial charge in [0.1, 0.15) is 0 Å². The standard InChI is InChI=1S/C17H17N3O4/c1-24-15-9-13(7-8-14(15)21)11-19-20-17(23)16(22)18-10-12-5-3-2-4-6-12/h2-9,11,21H,10H2,1H3,(H,18,22)(H,20,23)/b19-11+. The molecule has 0 aromatic heterocycles. The lowest BCUT2D eigenvalue weighted by Crippen LogP contribution is -2.37. The Labute approximate surface area is 139 Å². The Morgan fingerprint density at radius 1 is 1.17 bits per heavy atom. The highest BCUT2D eigenvalue weighted by atomic mass is 16.5. The summed E-state index contributed by atoms with van der Waals surface area (Å²) in [6.45, 7) is 0.256. The average molecular weight is 327 g/mol. The van der Waals surface area contributed by atoms with Gasteiger partial charge in [-0.25, -0.2) is 5.43 Å². The van der Waals surface area contributed by atoms with Gasteiger partial charge in [0.25, 0.3) is 0 Å². The largest absolute Gasteiger partial charge is 0.504 e. The maximum absolute atomic E-state index is 11.7. The van der Waals surface area contributed by atoms with Crippen LogP contribution in [0.2, 0.25) is 0 Å². The van der Waals surface area contributed by atoms with Gasteiger partial charge in [0.2, 0.25) is 0 Å². The van der Waals surface area contributed by atoms with Gasteiger partial charge in [-0.15, -0.1) is 0 Å². The zero-order valence-electron chi connectivity index (χ0n) is 13.0. The van der Waals surface area contributed by atoms with Crippen LogP contribution in [0.15, 0.2) is 53.6 Å². The van der Waals surface area contributed by atoms with Crippen molar-refractivity contribution in [2.45, 2.75) is 6.54 Å². The summed E-state index contributed by atoms with van der Waals surface area (Å²) in [5, 5.41) is 15.7. The van der Waals surface area contributed by atoms with Crippen molar-refractivity contribution in [1.82, 2.24) is 10.7 Å². The highest BCUT2D eigenvalue weighted by Crippen LogP contribution is 2.25. The van der Waals surface area contributed by atoms with Crippen molar-refractivity contribution in [3.05, 3.63) is 59.7 Å². The number of nitrogens with one attached hydrogen (secondary N) is 2. The molecule has 124 valence electrons. The van der Waals surface area contributed by atoms with Crippen molar-refractivity contribution >= 4 is 18.0 Å². The third kappa shape index (κ3) is 4.84. The van der Waals surface area contributed by atoms with Gasteiger partial charge in [-0.2, -0.15) is 5.10 Å². The van der Waals surface area contributed by atoms with Gasteiger partial charge in [-0.3, -0.25) is 9.59 Å². The van der Waals surface area contributed by atoms with Crippen LogP contribution in [0.5, 0.6) is 11.5 Å². The number of phenolic OH excluding ortho intramolecular Hbond substituents is 1. The van der Waals surface area contributed by atoms with Crippen LogP contribution in [0, 0.1) is 0 Å². The molecule has 0 aliphatic heterocycles. The van der Waals surface area contributed by atoms with Crippen LogP contribution in [0.1, 0.15) is 11.1 Å². The highest BCUT2D eigenvalue weighted by Gasteiger charge is 2.11. The molecule has 0 aliphatic rings. The first kappa shape index (κ1) is 17.0. The quantitative estimate of drug-likeness (QED) is 0.436. The number of hydrazone groups is 1. The Balaban J connectivity index is 1.84. The maximum Gasteiger partial charge on any atom is 0.329 e. The fourth-order valence-corrected chi connectivity index (χ4v) is 1.85. The number of benzene rings is 2. The van der Waals surface area contributed by atoms with E-state index in [1.165, 1.54) is 19.4 Å². The van der Waals surface area contributed by atoms with E-state index in [0.29, 0.717) is 5.56 Å². The number of methoxy groups -OCH3 is 1. The van der Waals surface area contributed by atoms with E-state index in [-0.39, 0.29) is 18.0 Å². The number of amides is 2. The minimum atomic E-state index is -0.868. The van der Waals surface area contributed by atoms with E-state index in [4.69, 9.17) is 4.74 Å².